The zero-order valence-electron chi connectivity index (χ0n) is 19.0. The van der Waals surface area contributed by atoms with E-state index < -0.39 is 12.1 Å². The number of benzene rings is 1. The van der Waals surface area contributed by atoms with Gasteiger partial charge < -0.3 is 10.0 Å². The molecule has 1 unspecified atom stereocenters. The lowest BCUT2D eigenvalue weighted by molar-refractivity contribution is -0.192. The number of alkyl halides is 3. The standard InChI is InChI=1S/C22H28N4O.C2HF3O2/c1-24-14-18(13-23-24)15-25-11-9-22(10-12-25)20(19-5-3-2-4-6-19)26(21(22)27)16-17-7-8-17;3-2(4,5)1(6)7/h2-6,13-14,17,20H,7-12,15-16H2,1H3;(H,6,7). The van der Waals surface area contributed by atoms with Crippen LogP contribution < -0.4 is 0 Å². The average molecular weight is 479 g/mol. The van der Waals surface area contributed by atoms with Crippen molar-refractivity contribution in [1.82, 2.24) is 19.6 Å². The van der Waals surface area contributed by atoms with Gasteiger partial charge in [0.1, 0.15) is 0 Å². The third-order valence-electron chi connectivity index (χ3n) is 6.94. The quantitative estimate of drug-likeness (QED) is 0.664. The van der Waals surface area contributed by atoms with E-state index in [0.717, 1.165) is 44.9 Å². The number of rotatable bonds is 5. The number of aliphatic carboxylic acids is 1. The van der Waals surface area contributed by atoms with E-state index in [1.807, 2.05) is 17.9 Å². The number of halogens is 3. The molecule has 7 nitrogen and oxygen atoms in total. The molecule has 3 aliphatic rings. The van der Waals surface area contributed by atoms with Crippen molar-refractivity contribution < 1.29 is 27.9 Å². The number of amides is 1. The highest BCUT2D eigenvalue weighted by Gasteiger charge is 2.61. The lowest BCUT2D eigenvalue weighted by Gasteiger charge is -2.59. The molecule has 1 amide bonds. The summed E-state index contributed by atoms with van der Waals surface area (Å²) in [7, 11) is 1.96. The molecule has 1 N–H and O–H groups in total. The second-order valence-corrected chi connectivity index (χ2v) is 9.47. The Bertz CT molecular complexity index is 1010. The molecule has 34 heavy (non-hydrogen) atoms. The monoisotopic (exact) mass is 478 g/mol. The maximum Gasteiger partial charge on any atom is 0.490 e. The topological polar surface area (TPSA) is 78.7 Å². The van der Waals surface area contributed by atoms with Gasteiger partial charge in [-0.15, -0.1) is 0 Å². The van der Waals surface area contributed by atoms with Crippen molar-refractivity contribution >= 4 is 11.9 Å². The molecule has 1 saturated carbocycles. The van der Waals surface area contributed by atoms with Crippen molar-refractivity contribution in [3.05, 3.63) is 53.9 Å². The summed E-state index contributed by atoms with van der Waals surface area (Å²) in [6, 6.07) is 11.0. The van der Waals surface area contributed by atoms with Gasteiger partial charge in [-0.25, -0.2) is 4.79 Å². The van der Waals surface area contributed by atoms with Crippen molar-refractivity contribution in [2.75, 3.05) is 19.6 Å². The molecule has 0 radical (unpaired) electrons. The number of carbonyl (C=O) groups is 2. The van der Waals surface area contributed by atoms with Gasteiger partial charge in [-0.3, -0.25) is 14.4 Å². The molecular formula is C24H29F3N4O3. The summed E-state index contributed by atoms with van der Waals surface area (Å²) in [6.07, 6.45) is 3.46. The van der Waals surface area contributed by atoms with E-state index in [9.17, 15) is 18.0 Å². The Kier molecular flexibility index (Phi) is 6.71. The summed E-state index contributed by atoms with van der Waals surface area (Å²) < 4.78 is 33.6. The summed E-state index contributed by atoms with van der Waals surface area (Å²) in [4.78, 5) is 26.8. The van der Waals surface area contributed by atoms with Crippen LogP contribution in [0.3, 0.4) is 0 Å². The van der Waals surface area contributed by atoms with Crippen LogP contribution in [0.2, 0.25) is 0 Å². The van der Waals surface area contributed by atoms with Crippen LogP contribution in [-0.2, 0) is 23.2 Å². The van der Waals surface area contributed by atoms with Crippen molar-refractivity contribution in [1.29, 1.82) is 0 Å². The van der Waals surface area contributed by atoms with E-state index in [-0.39, 0.29) is 11.5 Å². The number of hydrogen-bond donors (Lipinski definition) is 1. The number of carboxylic acid groups (broad SMARTS) is 1. The molecule has 2 saturated heterocycles. The largest absolute Gasteiger partial charge is 0.490 e. The van der Waals surface area contributed by atoms with Crippen LogP contribution in [0.25, 0.3) is 0 Å². The van der Waals surface area contributed by atoms with Crippen molar-refractivity contribution in [3.8, 4) is 0 Å². The van der Waals surface area contributed by atoms with Crippen LogP contribution in [0, 0.1) is 11.3 Å². The molecule has 1 aliphatic carbocycles. The van der Waals surface area contributed by atoms with Crippen molar-refractivity contribution in [2.24, 2.45) is 18.4 Å². The van der Waals surface area contributed by atoms with Crippen LogP contribution in [0.1, 0.15) is 42.9 Å². The maximum absolute atomic E-state index is 13.2. The van der Waals surface area contributed by atoms with Crippen LogP contribution in [0.4, 0.5) is 13.2 Å². The molecule has 1 spiro atoms. The first kappa shape index (κ1) is 24.3. The highest BCUT2D eigenvalue weighted by molar-refractivity contribution is 5.91. The fraction of sp³-hybridized carbons (Fsp3) is 0.542. The number of aryl methyl sites for hydroxylation is 1. The number of hydrogen-bond acceptors (Lipinski definition) is 4. The van der Waals surface area contributed by atoms with E-state index in [1.54, 1.807) is 0 Å². The number of piperidine rings is 1. The van der Waals surface area contributed by atoms with E-state index >= 15 is 0 Å². The van der Waals surface area contributed by atoms with Crippen LogP contribution >= 0.6 is 0 Å². The van der Waals surface area contributed by atoms with Crippen LogP contribution in [0.5, 0.6) is 0 Å². The first-order valence-corrected chi connectivity index (χ1v) is 11.5. The Morgan fingerprint density at radius 3 is 2.29 bits per heavy atom. The van der Waals surface area contributed by atoms with Crippen LogP contribution in [0.15, 0.2) is 42.7 Å². The van der Waals surface area contributed by atoms with Gasteiger partial charge in [0.2, 0.25) is 5.91 Å². The molecule has 5 rings (SSSR count). The van der Waals surface area contributed by atoms with Gasteiger partial charge in [0.05, 0.1) is 17.7 Å². The van der Waals surface area contributed by atoms with E-state index in [2.05, 4.69) is 51.4 Å². The van der Waals surface area contributed by atoms with E-state index in [4.69, 9.17) is 9.90 Å². The van der Waals surface area contributed by atoms with Gasteiger partial charge >= 0.3 is 12.1 Å². The SMILES string of the molecule is Cn1cc(CN2CCC3(CC2)C(=O)N(CC2CC2)C3c2ccccc2)cn1.O=C(O)C(F)(F)F. The lowest BCUT2D eigenvalue weighted by Crippen LogP contribution is -2.66. The summed E-state index contributed by atoms with van der Waals surface area (Å²) in [5.41, 5.74) is 2.39. The van der Waals surface area contributed by atoms with Gasteiger partial charge in [0.25, 0.3) is 0 Å². The number of nitrogens with zero attached hydrogens (tertiary/aromatic N) is 4. The van der Waals surface area contributed by atoms with Gasteiger partial charge in [-0.2, -0.15) is 18.3 Å². The third-order valence-corrected chi connectivity index (χ3v) is 6.94. The molecule has 1 aromatic carbocycles. The Morgan fingerprint density at radius 2 is 1.79 bits per heavy atom. The normalized spacial score (nSPS) is 22.2. The molecule has 3 heterocycles. The molecule has 3 fully saturated rings. The van der Waals surface area contributed by atoms with Gasteiger partial charge in [0, 0.05) is 31.9 Å². The molecule has 2 aliphatic heterocycles. The summed E-state index contributed by atoms with van der Waals surface area (Å²) in [5, 5.41) is 11.4. The molecule has 10 heteroatoms. The number of carboxylic acids is 1. The van der Waals surface area contributed by atoms with E-state index in [0.29, 0.717) is 5.91 Å². The Balaban J connectivity index is 0.000000344. The lowest BCUT2D eigenvalue weighted by atomic mass is 9.62. The second kappa shape index (κ2) is 9.40. The average Bonchev–Trinajstić information content (AvgIpc) is 3.54. The van der Waals surface area contributed by atoms with Gasteiger partial charge in [-0.05, 0) is 50.3 Å². The van der Waals surface area contributed by atoms with Crippen molar-refractivity contribution in [3.63, 3.8) is 0 Å². The van der Waals surface area contributed by atoms with Gasteiger partial charge in [-0.1, -0.05) is 30.3 Å². The molecule has 0 bridgehead atoms. The van der Waals surface area contributed by atoms with E-state index in [1.165, 1.54) is 24.0 Å². The zero-order chi connectivity index (χ0) is 24.5. The predicted octanol–water partition coefficient (Wildman–Crippen LogP) is 3.63. The second-order valence-electron chi connectivity index (χ2n) is 9.47. The molecular weight excluding hydrogens is 449 g/mol. The number of likely N-dealkylation sites (tertiary alicyclic amines) is 2. The smallest absolute Gasteiger partial charge is 0.475 e. The minimum atomic E-state index is -5.08. The Labute approximate surface area is 196 Å². The zero-order valence-corrected chi connectivity index (χ0v) is 19.0. The molecule has 1 atom stereocenters. The Morgan fingerprint density at radius 1 is 1.18 bits per heavy atom. The summed E-state index contributed by atoms with van der Waals surface area (Å²) in [6.45, 7) is 3.86. The number of β-lactam (4-membered cyclic amide) rings is 1. The maximum atomic E-state index is 13.2. The van der Waals surface area contributed by atoms with Crippen molar-refractivity contribution in [2.45, 2.75) is 44.4 Å². The fourth-order valence-corrected chi connectivity index (χ4v) is 5.06. The van der Waals surface area contributed by atoms with Gasteiger partial charge in [0.15, 0.2) is 0 Å². The van der Waals surface area contributed by atoms with Crippen LogP contribution in [-0.4, -0.2) is 62.4 Å². The Hall–Kier alpha value is -2.88. The first-order valence-electron chi connectivity index (χ1n) is 11.5. The molecule has 1 aromatic heterocycles. The number of aromatic nitrogens is 2. The third kappa shape index (κ3) is 5.11. The highest BCUT2D eigenvalue weighted by atomic mass is 19.4. The predicted molar refractivity (Wildman–Crippen MR) is 117 cm³/mol. The number of carbonyl (C=O) groups excluding carboxylic acids is 1. The minimum Gasteiger partial charge on any atom is -0.475 e. The molecule has 2 aromatic rings. The fourth-order valence-electron chi connectivity index (χ4n) is 5.06. The summed E-state index contributed by atoms with van der Waals surface area (Å²) >= 11 is 0. The first-order chi connectivity index (χ1) is 16.1. The minimum absolute atomic E-state index is 0.179. The molecule has 184 valence electrons. The summed E-state index contributed by atoms with van der Waals surface area (Å²) in [5.74, 6) is -1.61. The highest BCUT2D eigenvalue weighted by Crippen LogP contribution is 2.57.